The molecule has 1 aromatic carbocycles. The third kappa shape index (κ3) is 4.34. The highest BCUT2D eigenvalue weighted by atomic mass is 19.1. The Kier molecular flexibility index (Phi) is 5.93. The highest BCUT2D eigenvalue weighted by molar-refractivity contribution is 5.91. The van der Waals surface area contributed by atoms with Gasteiger partial charge in [0.25, 0.3) is 0 Å². The second-order valence-electron chi connectivity index (χ2n) is 10.5. The molecule has 40 heavy (non-hydrogen) atoms. The van der Waals surface area contributed by atoms with Gasteiger partial charge in [-0.1, -0.05) is 12.1 Å². The molecule has 0 spiro atoms. The van der Waals surface area contributed by atoms with E-state index in [2.05, 4.69) is 45.9 Å². The van der Waals surface area contributed by atoms with Gasteiger partial charge in [0, 0.05) is 55.9 Å². The minimum atomic E-state index is -0.830. The van der Waals surface area contributed by atoms with E-state index in [1.165, 1.54) is 12.1 Å². The number of aromatic amines is 1. The highest BCUT2D eigenvalue weighted by Crippen LogP contribution is 2.31. The molecular formula is C28H29FN10O. The van der Waals surface area contributed by atoms with Crippen LogP contribution in [0.5, 0.6) is 0 Å². The number of anilines is 2. The van der Waals surface area contributed by atoms with Crippen LogP contribution in [0.15, 0.2) is 61.4 Å². The van der Waals surface area contributed by atoms with Gasteiger partial charge >= 0.3 is 0 Å². The number of rotatable bonds is 6. The summed E-state index contributed by atoms with van der Waals surface area (Å²) in [4.78, 5) is 26.2. The molecule has 0 saturated carbocycles. The minimum absolute atomic E-state index is 0.294. The summed E-state index contributed by atoms with van der Waals surface area (Å²) in [5.74, 6) is 1.27. The Morgan fingerprint density at radius 1 is 0.950 bits per heavy atom. The van der Waals surface area contributed by atoms with Crippen LogP contribution in [0.25, 0.3) is 22.3 Å². The number of benzene rings is 1. The first-order valence-electron chi connectivity index (χ1n) is 13.3. The number of nitrogens with one attached hydrogen (secondary N) is 1. The van der Waals surface area contributed by atoms with Crippen molar-refractivity contribution in [2.24, 2.45) is 5.73 Å². The number of halogens is 1. The van der Waals surface area contributed by atoms with Crippen LogP contribution in [0, 0.1) is 5.82 Å². The molecule has 6 heterocycles. The van der Waals surface area contributed by atoms with Crippen molar-refractivity contribution in [2.45, 2.75) is 18.5 Å². The van der Waals surface area contributed by atoms with Crippen LogP contribution < -0.4 is 15.5 Å². The van der Waals surface area contributed by atoms with Crippen LogP contribution in [0.3, 0.4) is 0 Å². The van der Waals surface area contributed by atoms with Gasteiger partial charge in [-0.25, -0.2) is 24.3 Å². The molecule has 11 nitrogen and oxygen atoms in total. The van der Waals surface area contributed by atoms with Gasteiger partial charge in [0.1, 0.15) is 23.6 Å². The third-order valence-corrected chi connectivity index (χ3v) is 7.86. The van der Waals surface area contributed by atoms with Crippen molar-refractivity contribution in [3.63, 3.8) is 0 Å². The molecule has 12 heteroatoms. The monoisotopic (exact) mass is 540 g/mol. The number of hydrogen-bond donors (Lipinski definition) is 2. The summed E-state index contributed by atoms with van der Waals surface area (Å²) in [5.41, 5.74) is 10.1. The molecule has 0 aliphatic carbocycles. The molecule has 2 fully saturated rings. The first-order valence-corrected chi connectivity index (χ1v) is 13.3. The van der Waals surface area contributed by atoms with Gasteiger partial charge in [-0.2, -0.15) is 5.10 Å². The lowest BCUT2D eigenvalue weighted by Gasteiger charge is -2.35. The van der Waals surface area contributed by atoms with Crippen molar-refractivity contribution >= 4 is 22.8 Å². The third-order valence-electron chi connectivity index (χ3n) is 7.86. The van der Waals surface area contributed by atoms with Crippen molar-refractivity contribution < 1.29 is 9.13 Å². The summed E-state index contributed by atoms with van der Waals surface area (Å²) >= 11 is 0. The predicted molar refractivity (Wildman–Crippen MR) is 148 cm³/mol. The van der Waals surface area contributed by atoms with E-state index in [4.69, 9.17) is 10.5 Å². The van der Waals surface area contributed by atoms with Gasteiger partial charge in [-0.15, -0.1) is 0 Å². The van der Waals surface area contributed by atoms with E-state index in [0.717, 1.165) is 65.4 Å². The Morgan fingerprint density at radius 2 is 1.68 bits per heavy atom. The fourth-order valence-corrected chi connectivity index (χ4v) is 5.22. The molecule has 7 rings (SSSR count). The molecule has 1 atom stereocenters. The molecule has 0 radical (unpaired) electrons. The first-order chi connectivity index (χ1) is 19.5. The van der Waals surface area contributed by atoms with E-state index < -0.39 is 5.54 Å². The number of fused-ring (bicyclic) bond motifs is 1. The lowest BCUT2D eigenvalue weighted by atomic mass is 9.87. The van der Waals surface area contributed by atoms with E-state index >= 15 is 0 Å². The van der Waals surface area contributed by atoms with E-state index in [1.807, 2.05) is 24.0 Å². The number of nitrogens with two attached hydrogens (primary N) is 1. The van der Waals surface area contributed by atoms with Crippen LogP contribution in [0.2, 0.25) is 0 Å². The quantitative estimate of drug-likeness (QED) is 0.334. The average Bonchev–Trinajstić information content (AvgIpc) is 3.60. The second-order valence-corrected chi connectivity index (χ2v) is 10.5. The molecule has 5 aromatic rings. The number of hydrogen-bond acceptors (Lipinski definition) is 9. The minimum Gasteiger partial charge on any atom is -0.377 e. The molecule has 2 aliphatic rings. The zero-order valence-electron chi connectivity index (χ0n) is 22.0. The zero-order chi connectivity index (χ0) is 27.3. The molecule has 4 aromatic heterocycles. The molecule has 1 unspecified atom stereocenters. The van der Waals surface area contributed by atoms with Crippen LogP contribution in [-0.2, 0) is 10.3 Å². The molecule has 0 amide bonds. The standard InChI is InChI=1S/C28H29FN10O/c1-28(30,19-2-4-21(29)5-3-19)20-12-31-27(32-13-20)38-8-6-37(7-9-38)26-23-10-24(36-25(23)33-17-34-26)18-11-35-39(14-18)22-15-40-16-22/h2-5,10-14,17,22H,6-9,15-16,30H2,1H3,(H,33,34,36). The lowest BCUT2D eigenvalue weighted by Crippen LogP contribution is -2.47. The van der Waals surface area contributed by atoms with E-state index in [0.29, 0.717) is 25.2 Å². The molecule has 204 valence electrons. The SMILES string of the molecule is CC(N)(c1ccc(F)cc1)c1cnc(N2CCN(c3ncnc4[nH]c(-c5cnn(C6COC6)c5)cc34)CC2)nc1. The van der Waals surface area contributed by atoms with Crippen molar-refractivity contribution in [1.29, 1.82) is 0 Å². The van der Waals surface area contributed by atoms with Crippen molar-refractivity contribution in [3.8, 4) is 11.3 Å². The fourth-order valence-electron chi connectivity index (χ4n) is 5.22. The van der Waals surface area contributed by atoms with Crippen LogP contribution in [-0.4, -0.2) is 74.1 Å². The van der Waals surface area contributed by atoms with Crippen molar-refractivity contribution in [2.75, 3.05) is 49.2 Å². The summed E-state index contributed by atoms with van der Waals surface area (Å²) < 4.78 is 20.6. The summed E-state index contributed by atoms with van der Waals surface area (Å²) in [7, 11) is 0. The Labute approximate surface area is 229 Å². The van der Waals surface area contributed by atoms with Gasteiger partial charge in [-0.3, -0.25) is 4.68 Å². The van der Waals surface area contributed by atoms with E-state index in [1.54, 1.807) is 30.9 Å². The normalized spacial score (nSPS) is 17.7. The van der Waals surface area contributed by atoms with E-state index in [-0.39, 0.29) is 5.82 Å². The first kappa shape index (κ1) is 24.6. The van der Waals surface area contributed by atoms with Gasteiger partial charge in [0.2, 0.25) is 5.95 Å². The van der Waals surface area contributed by atoms with Gasteiger partial charge in [0.05, 0.1) is 42.1 Å². The van der Waals surface area contributed by atoms with Crippen LogP contribution in [0.4, 0.5) is 16.2 Å². The summed E-state index contributed by atoms with van der Waals surface area (Å²) in [6.45, 7) is 6.30. The summed E-state index contributed by atoms with van der Waals surface area (Å²) in [6.07, 6.45) is 9.03. The van der Waals surface area contributed by atoms with Crippen LogP contribution in [0.1, 0.15) is 24.1 Å². The summed E-state index contributed by atoms with van der Waals surface area (Å²) in [5, 5.41) is 5.48. The molecule has 3 N–H and O–H groups in total. The maximum atomic E-state index is 13.4. The number of H-pyrrole nitrogens is 1. The van der Waals surface area contributed by atoms with Gasteiger partial charge in [-0.05, 0) is 30.7 Å². The second kappa shape index (κ2) is 9.65. The Bertz CT molecular complexity index is 1630. The number of ether oxygens (including phenoxy) is 1. The maximum Gasteiger partial charge on any atom is 0.225 e. The molecule has 2 aliphatic heterocycles. The highest BCUT2D eigenvalue weighted by Gasteiger charge is 2.27. The number of aromatic nitrogens is 7. The Hall–Kier alpha value is -4.42. The van der Waals surface area contributed by atoms with Crippen LogP contribution >= 0.6 is 0 Å². The van der Waals surface area contributed by atoms with E-state index in [9.17, 15) is 4.39 Å². The average molecular weight is 541 g/mol. The summed E-state index contributed by atoms with van der Waals surface area (Å²) in [6, 6.07) is 8.61. The molecular weight excluding hydrogens is 511 g/mol. The van der Waals surface area contributed by atoms with Crippen molar-refractivity contribution in [1.82, 2.24) is 34.7 Å². The smallest absolute Gasteiger partial charge is 0.225 e. The lowest BCUT2D eigenvalue weighted by molar-refractivity contribution is -0.0286. The van der Waals surface area contributed by atoms with Crippen molar-refractivity contribution in [3.05, 3.63) is 78.4 Å². The number of piperazine rings is 1. The van der Waals surface area contributed by atoms with Gasteiger partial charge < -0.3 is 25.3 Å². The maximum absolute atomic E-state index is 13.4. The Morgan fingerprint density at radius 3 is 2.38 bits per heavy atom. The Balaban J connectivity index is 1.05. The zero-order valence-corrected chi connectivity index (χ0v) is 22.0. The topological polar surface area (TPSA) is 127 Å². The largest absolute Gasteiger partial charge is 0.377 e. The van der Waals surface area contributed by atoms with Gasteiger partial charge in [0.15, 0.2) is 0 Å². The fraction of sp³-hybridized carbons (Fsp3) is 0.321. The predicted octanol–water partition coefficient (Wildman–Crippen LogP) is 2.87. The molecule has 0 bridgehead atoms. The number of nitrogens with zero attached hydrogens (tertiary/aromatic N) is 8. The molecule has 2 saturated heterocycles.